The van der Waals surface area contributed by atoms with Crippen LogP contribution in [-0.2, 0) is 18.7 Å². The molecule has 0 aromatic heterocycles. The van der Waals surface area contributed by atoms with Crippen molar-refractivity contribution >= 4 is 19.4 Å². The van der Waals surface area contributed by atoms with E-state index in [1.54, 1.807) is 21.1 Å². The lowest BCUT2D eigenvalue weighted by Gasteiger charge is -2.30. The molecule has 1 saturated heterocycles. The standard InChI is InChI=1S/C16H31N2O6P/c1-18(2,3)12-16(24-25(21,22)23)15(20)10-6-4-5-9-14(19)13-8-7-11-17-13/h13,16-17H,4-12H2,1-3H3,(H-,21,22,23)/t13-,16?/m1/s1. The second-order valence-corrected chi connectivity index (χ2v) is 8.83. The molecule has 25 heavy (non-hydrogen) atoms. The van der Waals surface area contributed by atoms with E-state index in [-0.39, 0.29) is 30.6 Å². The molecular weight excluding hydrogens is 347 g/mol. The number of ketones is 2. The van der Waals surface area contributed by atoms with Gasteiger partial charge < -0.3 is 24.1 Å². The van der Waals surface area contributed by atoms with Crippen LogP contribution >= 0.6 is 7.82 Å². The Labute approximate surface area is 149 Å². The molecule has 8 nitrogen and oxygen atoms in total. The molecule has 1 fully saturated rings. The van der Waals surface area contributed by atoms with E-state index in [0.717, 1.165) is 25.8 Å². The smallest absolute Gasteiger partial charge is 0.266 e. The number of hydrogen-bond acceptors (Lipinski definition) is 6. The Bertz CT molecular complexity index is 493. The van der Waals surface area contributed by atoms with Crippen LogP contribution < -0.4 is 10.2 Å². The summed E-state index contributed by atoms with van der Waals surface area (Å²) in [4.78, 5) is 44.0. The Balaban J connectivity index is 2.33. The number of quaternary nitrogens is 1. The van der Waals surface area contributed by atoms with Crippen molar-refractivity contribution in [1.82, 2.24) is 5.32 Å². The second-order valence-electron chi connectivity index (χ2n) is 7.68. The average Bonchev–Trinajstić information content (AvgIpc) is 2.97. The zero-order valence-corrected chi connectivity index (χ0v) is 16.3. The minimum absolute atomic E-state index is 0.0141. The lowest BCUT2D eigenvalue weighted by atomic mass is 10.0. The van der Waals surface area contributed by atoms with E-state index < -0.39 is 13.9 Å². The monoisotopic (exact) mass is 378 g/mol. The first kappa shape index (κ1) is 22.4. The van der Waals surface area contributed by atoms with Gasteiger partial charge in [-0.15, -0.1) is 0 Å². The van der Waals surface area contributed by atoms with Crippen LogP contribution in [0.25, 0.3) is 0 Å². The minimum Gasteiger partial charge on any atom is -0.756 e. The predicted octanol–water partition coefficient (Wildman–Crippen LogP) is 0.379. The number of phosphoric acid groups is 1. The van der Waals surface area contributed by atoms with E-state index in [1.807, 2.05) is 0 Å². The largest absolute Gasteiger partial charge is 0.756 e. The van der Waals surface area contributed by atoms with Crippen molar-refractivity contribution in [3.8, 4) is 0 Å². The van der Waals surface area contributed by atoms with Crippen LogP contribution in [0.4, 0.5) is 0 Å². The third kappa shape index (κ3) is 10.2. The van der Waals surface area contributed by atoms with Gasteiger partial charge in [0.05, 0.1) is 27.2 Å². The normalized spacial score (nSPS) is 21.7. The summed E-state index contributed by atoms with van der Waals surface area (Å²) in [5.41, 5.74) is 0. The van der Waals surface area contributed by atoms with E-state index in [9.17, 15) is 19.0 Å². The molecule has 2 unspecified atom stereocenters. The van der Waals surface area contributed by atoms with E-state index >= 15 is 0 Å². The first-order chi connectivity index (χ1) is 11.5. The first-order valence-electron chi connectivity index (χ1n) is 8.79. The molecule has 9 heteroatoms. The molecule has 0 spiro atoms. The van der Waals surface area contributed by atoms with Gasteiger partial charge in [0.2, 0.25) is 0 Å². The van der Waals surface area contributed by atoms with Gasteiger partial charge in [-0.3, -0.25) is 14.2 Å². The van der Waals surface area contributed by atoms with E-state index in [0.29, 0.717) is 23.7 Å². The van der Waals surface area contributed by atoms with Crippen LogP contribution in [0.15, 0.2) is 0 Å². The topological polar surface area (TPSA) is 116 Å². The van der Waals surface area contributed by atoms with Crippen LogP contribution in [-0.4, -0.2) is 67.3 Å². The summed E-state index contributed by atoms with van der Waals surface area (Å²) in [5, 5.41) is 3.17. The third-order valence-corrected chi connectivity index (χ3v) is 4.65. The van der Waals surface area contributed by atoms with Gasteiger partial charge in [0.25, 0.3) is 7.82 Å². The fourth-order valence-electron chi connectivity index (χ4n) is 2.92. The number of rotatable bonds is 12. The van der Waals surface area contributed by atoms with Crippen molar-refractivity contribution in [3.63, 3.8) is 0 Å². The maximum Gasteiger partial charge on any atom is 0.266 e. The summed E-state index contributed by atoms with van der Waals surface area (Å²) in [5.74, 6) is -0.121. The van der Waals surface area contributed by atoms with E-state index in [1.165, 1.54) is 0 Å². The first-order valence-corrected chi connectivity index (χ1v) is 10.3. The fourth-order valence-corrected chi connectivity index (χ4v) is 3.43. The number of likely N-dealkylation sites (N-methyl/N-ethyl adjacent to an activating group) is 1. The van der Waals surface area contributed by atoms with Gasteiger partial charge in [-0.2, -0.15) is 0 Å². The molecule has 0 amide bonds. The highest BCUT2D eigenvalue weighted by atomic mass is 31.2. The predicted molar refractivity (Wildman–Crippen MR) is 91.7 cm³/mol. The lowest BCUT2D eigenvalue weighted by molar-refractivity contribution is -0.872. The molecule has 0 aromatic carbocycles. The summed E-state index contributed by atoms with van der Waals surface area (Å²) in [6.07, 6.45) is 3.41. The molecular formula is C16H31N2O6P. The molecule has 0 bridgehead atoms. The summed E-state index contributed by atoms with van der Waals surface area (Å²) < 4.78 is 15.9. The van der Waals surface area contributed by atoms with Crippen LogP contribution in [0.3, 0.4) is 0 Å². The second kappa shape index (κ2) is 9.90. The fraction of sp³-hybridized carbons (Fsp3) is 0.875. The third-order valence-electron chi connectivity index (χ3n) is 4.13. The Morgan fingerprint density at radius 1 is 1.28 bits per heavy atom. The molecule has 0 saturated carbocycles. The number of unbranched alkanes of at least 4 members (excludes halogenated alkanes) is 2. The molecule has 2 N–H and O–H groups in total. The minimum atomic E-state index is -4.96. The molecule has 1 aliphatic heterocycles. The molecule has 1 aliphatic rings. The van der Waals surface area contributed by atoms with Gasteiger partial charge in [0.15, 0.2) is 11.9 Å². The number of nitrogens with zero attached hydrogens (tertiary/aromatic N) is 1. The molecule has 146 valence electrons. The summed E-state index contributed by atoms with van der Waals surface area (Å²) in [6.45, 7) is 1.05. The summed E-state index contributed by atoms with van der Waals surface area (Å²) in [7, 11) is 0.450. The van der Waals surface area contributed by atoms with Crippen LogP contribution in [0.1, 0.15) is 44.9 Å². The van der Waals surface area contributed by atoms with E-state index in [4.69, 9.17) is 4.89 Å². The summed E-state index contributed by atoms with van der Waals surface area (Å²) >= 11 is 0. The molecule has 3 atom stereocenters. The van der Waals surface area contributed by atoms with Crippen molar-refractivity contribution in [2.75, 3.05) is 34.2 Å². The number of hydrogen-bond donors (Lipinski definition) is 2. The van der Waals surface area contributed by atoms with Crippen molar-refractivity contribution < 1.29 is 32.9 Å². The highest BCUT2D eigenvalue weighted by Crippen LogP contribution is 2.33. The Morgan fingerprint density at radius 2 is 1.92 bits per heavy atom. The van der Waals surface area contributed by atoms with Gasteiger partial charge in [-0.1, -0.05) is 6.42 Å². The van der Waals surface area contributed by atoms with Gasteiger partial charge in [-0.25, -0.2) is 0 Å². The Kier molecular flexibility index (Phi) is 8.87. The van der Waals surface area contributed by atoms with Crippen molar-refractivity contribution in [2.45, 2.75) is 57.1 Å². The van der Waals surface area contributed by atoms with E-state index in [2.05, 4.69) is 9.84 Å². The van der Waals surface area contributed by atoms with Crippen LogP contribution in [0.2, 0.25) is 0 Å². The van der Waals surface area contributed by atoms with Crippen molar-refractivity contribution in [3.05, 3.63) is 0 Å². The van der Waals surface area contributed by atoms with Gasteiger partial charge in [-0.05, 0) is 32.2 Å². The SMILES string of the molecule is C[N+](C)(C)CC(OP(=O)([O-])O)C(=O)CCCCCC(=O)[C@H]1CCCN1. The number of nitrogens with one attached hydrogen (secondary N) is 1. The number of carbonyl (C=O) groups is 2. The van der Waals surface area contributed by atoms with Gasteiger partial charge >= 0.3 is 0 Å². The maximum absolute atomic E-state index is 12.2. The molecule has 0 aliphatic carbocycles. The van der Waals surface area contributed by atoms with Crippen molar-refractivity contribution in [2.24, 2.45) is 0 Å². The molecule has 0 aromatic rings. The van der Waals surface area contributed by atoms with Crippen LogP contribution in [0.5, 0.6) is 0 Å². The van der Waals surface area contributed by atoms with Crippen LogP contribution in [0, 0.1) is 0 Å². The highest BCUT2D eigenvalue weighted by molar-refractivity contribution is 7.44. The Hall–Kier alpha value is -0.630. The summed E-state index contributed by atoms with van der Waals surface area (Å²) in [6, 6.07) is -0.0141. The van der Waals surface area contributed by atoms with Crippen molar-refractivity contribution in [1.29, 1.82) is 0 Å². The highest BCUT2D eigenvalue weighted by Gasteiger charge is 2.28. The number of Topliss-reactive ketones (excluding diaryl/α,β-unsaturated/α-hetero) is 2. The zero-order chi connectivity index (χ0) is 19.1. The Morgan fingerprint density at radius 3 is 2.44 bits per heavy atom. The number of phosphoric ester groups is 1. The van der Waals surface area contributed by atoms with Gasteiger partial charge in [0, 0.05) is 12.8 Å². The quantitative estimate of drug-likeness (QED) is 0.286. The molecule has 0 radical (unpaired) electrons. The van der Waals surface area contributed by atoms with Gasteiger partial charge in [0.1, 0.15) is 12.3 Å². The number of carbonyl (C=O) groups excluding carboxylic acids is 2. The maximum atomic E-state index is 12.2. The lowest BCUT2D eigenvalue weighted by Crippen LogP contribution is -2.45. The molecule has 1 rings (SSSR count). The average molecular weight is 378 g/mol. The molecule has 1 heterocycles. The zero-order valence-electron chi connectivity index (χ0n) is 15.4.